The van der Waals surface area contributed by atoms with Gasteiger partial charge in [-0.1, -0.05) is 85.0 Å². The molecule has 2 amide bonds. The number of Topliss-reactive ketones (excluding diaryl/α,β-unsaturated/α-hetero) is 1. The number of nitrogens with one attached hydrogen (secondary N) is 2. The highest BCUT2D eigenvalue weighted by Gasteiger charge is 2.50. The first-order valence-electron chi connectivity index (χ1n) is 21.0. The van der Waals surface area contributed by atoms with Crippen LogP contribution in [0.2, 0.25) is 0 Å². The number of aliphatic hydroxyl groups is 2. The topological polar surface area (TPSA) is 364 Å². The summed E-state index contributed by atoms with van der Waals surface area (Å²) in [6, 6.07) is 0. The summed E-state index contributed by atoms with van der Waals surface area (Å²) in [4.78, 5) is 88.2. The number of nitrogen functional groups attached to an aromatic ring is 1. The normalized spacial score (nSPS) is 20.5. The van der Waals surface area contributed by atoms with Crippen molar-refractivity contribution in [3.05, 3.63) is 12.7 Å². The number of aliphatic hydroxyl groups excluding tert-OH is 2. The van der Waals surface area contributed by atoms with Gasteiger partial charge >= 0.3 is 23.5 Å². The Morgan fingerprint density at radius 1 is 0.906 bits per heavy atom. The Labute approximate surface area is 376 Å². The number of amides is 2. The molecule has 3 unspecified atom stereocenters. The fourth-order valence-corrected chi connectivity index (χ4v) is 10.0. The maximum Gasteiger partial charge on any atom is 0.481 e. The number of ether oxygens (including phenoxy) is 1. The van der Waals surface area contributed by atoms with Gasteiger partial charge in [0.1, 0.15) is 42.0 Å². The van der Waals surface area contributed by atoms with E-state index in [0.717, 1.165) is 36.5 Å². The van der Waals surface area contributed by atoms with Crippen LogP contribution in [0.5, 0.6) is 0 Å². The molecular formula is C36H64N7O17P3S. The highest BCUT2D eigenvalue weighted by Crippen LogP contribution is 2.61. The number of phosphoric acid groups is 3. The van der Waals surface area contributed by atoms with E-state index in [1.807, 2.05) is 0 Å². The van der Waals surface area contributed by atoms with Crippen LogP contribution in [-0.4, -0.2) is 129 Å². The highest BCUT2D eigenvalue weighted by atomic mass is 32.2. The predicted octanol–water partition coefficient (Wildman–Crippen LogP) is 3.41. The van der Waals surface area contributed by atoms with Crippen LogP contribution in [-0.2, 0) is 50.7 Å². The third kappa shape index (κ3) is 19.8. The van der Waals surface area contributed by atoms with Crippen LogP contribution in [0.15, 0.2) is 12.7 Å². The Hall–Kier alpha value is -2.44. The van der Waals surface area contributed by atoms with Crippen LogP contribution in [0.4, 0.5) is 5.82 Å². The molecule has 3 heterocycles. The maximum absolute atomic E-state index is 12.7. The molecule has 0 radical (unpaired) electrons. The van der Waals surface area contributed by atoms with Gasteiger partial charge < -0.3 is 50.9 Å². The fraction of sp³-hybridized carbons (Fsp3) is 0.778. The van der Waals surface area contributed by atoms with Crippen molar-refractivity contribution >= 4 is 69.8 Å². The molecule has 0 aliphatic carbocycles. The molecule has 28 heteroatoms. The van der Waals surface area contributed by atoms with Gasteiger partial charge in [-0.05, 0) is 6.42 Å². The molecule has 64 heavy (non-hydrogen) atoms. The minimum Gasteiger partial charge on any atom is -0.386 e. The zero-order valence-corrected chi connectivity index (χ0v) is 39.8. The average Bonchev–Trinajstić information content (AvgIpc) is 3.77. The molecule has 366 valence electrons. The number of fused-ring (bicyclic) bond motifs is 1. The minimum absolute atomic E-state index is 0.0343. The van der Waals surface area contributed by atoms with Crippen LogP contribution in [0.3, 0.4) is 0 Å². The van der Waals surface area contributed by atoms with Crippen LogP contribution < -0.4 is 16.4 Å². The van der Waals surface area contributed by atoms with Gasteiger partial charge in [0.05, 0.1) is 25.3 Å². The molecule has 1 saturated heterocycles. The zero-order valence-electron chi connectivity index (χ0n) is 36.3. The van der Waals surface area contributed by atoms with Gasteiger partial charge in [-0.15, -0.1) is 0 Å². The van der Waals surface area contributed by atoms with Crippen LogP contribution in [0.1, 0.15) is 110 Å². The number of anilines is 1. The third-order valence-corrected chi connectivity index (χ3v) is 14.1. The zero-order chi connectivity index (χ0) is 47.6. The van der Waals surface area contributed by atoms with Gasteiger partial charge in [-0.3, -0.25) is 32.5 Å². The summed E-state index contributed by atoms with van der Waals surface area (Å²) in [6.07, 6.45) is 7.05. The van der Waals surface area contributed by atoms with Crippen molar-refractivity contribution in [3.8, 4) is 0 Å². The number of ketones is 1. The predicted molar refractivity (Wildman–Crippen MR) is 233 cm³/mol. The van der Waals surface area contributed by atoms with Crippen LogP contribution in [0, 0.1) is 5.41 Å². The standard InChI is InChI=1S/C36H64N7O17P3S/c1-4-5-6-7-8-9-10-11-12-13-14-15-25(44)21-64-19-18-38-27(45)16-17-39-34(48)31(47)36(2,3)22-57-63(54,55)60-62(52,53)56-20-26-30(59-61(49,50)51)29(46)35(58-26)43-24-42-28-32(37)40-23-41-33(28)43/h23-24,26,29-31,35,46-47H,4-22H2,1-3H3,(H,38,45)(H,39,48)(H,52,53)(H,54,55)(H2,37,40,41)(H2,49,50,51)/t26-,29-,30-,31?,35-/m1/s1. The Morgan fingerprint density at radius 3 is 2.17 bits per heavy atom. The molecule has 3 rings (SSSR count). The molecule has 2 aromatic rings. The minimum atomic E-state index is -5.57. The molecule has 10 N–H and O–H groups in total. The monoisotopic (exact) mass is 991 g/mol. The van der Waals surface area contributed by atoms with E-state index in [1.54, 1.807) is 0 Å². The highest BCUT2D eigenvalue weighted by molar-refractivity contribution is 7.99. The molecule has 1 aliphatic heterocycles. The number of carbonyl (C=O) groups excluding carboxylic acids is 3. The summed E-state index contributed by atoms with van der Waals surface area (Å²) >= 11 is 1.43. The van der Waals surface area contributed by atoms with Gasteiger partial charge in [0.15, 0.2) is 17.7 Å². The second-order valence-corrected chi connectivity index (χ2v) is 21.3. The van der Waals surface area contributed by atoms with Crippen molar-refractivity contribution in [2.24, 2.45) is 5.41 Å². The largest absolute Gasteiger partial charge is 0.481 e. The van der Waals surface area contributed by atoms with E-state index in [-0.39, 0.29) is 41.6 Å². The van der Waals surface area contributed by atoms with Crippen molar-refractivity contribution < 1.29 is 80.5 Å². The van der Waals surface area contributed by atoms with Gasteiger partial charge in [-0.2, -0.15) is 16.1 Å². The number of nitrogens with two attached hydrogens (primary N) is 1. The number of nitrogens with zero attached hydrogens (tertiary/aromatic N) is 4. The number of phosphoric ester groups is 3. The van der Waals surface area contributed by atoms with Crippen LogP contribution in [0.25, 0.3) is 11.2 Å². The van der Waals surface area contributed by atoms with E-state index in [1.165, 1.54) is 77.0 Å². The molecule has 0 saturated carbocycles. The van der Waals surface area contributed by atoms with E-state index in [9.17, 15) is 57.9 Å². The Kier molecular flexibility index (Phi) is 23.4. The molecular weight excluding hydrogens is 927 g/mol. The molecule has 0 aromatic carbocycles. The van der Waals surface area contributed by atoms with Gasteiger partial charge in [0.25, 0.3) is 0 Å². The summed E-state index contributed by atoms with van der Waals surface area (Å²) in [5.74, 6) is -0.303. The van der Waals surface area contributed by atoms with Crippen molar-refractivity contribution in [1.82, 2.24) is 30.2 Å². The van der Waals surface area contributed by atoms with Gasteiger partial charge in [0, 0.05) is 37.1 Å². The van der Waals surface area contributed by atoms with E-state index >= 15 is 0 Å². The van der Waals surface area contributed by atoms with Crippen molar-refractivity contribution in [2.75, 3.05) is 43.5 Å². The van der Waals surface area contributed by atoms with E-state index in [2.05, 4.69) is 41.3 Å². The summed E-state index contributed by atoms with van der Waals surface area (Å²) in [5, 5.41) is 26.6. The first-order chi connectivity index (χ1) is 30.1. The Bertz CT molecular complexity index is 1940. The van der Waals surface area contributed by atoms with Crippen molar-refractivity contribution in [2.45, 2.75) is 135 Å². The molecule has 1 fully saturated rings. The van der Waals surface area contributed by atoms with E-state index in [4.69, 9.17) is 19.5 Å². The summed E-state index contributed by atoms with van der Waals surface area (Å²) in [6.45, 7) is 2.89. The SMILES string of the molecule is CCCCCCCCCCCCCC(=O)CSCCNC(=O)CCNC(=O)C(O)C(C)(C)COP(=O)(O)OP(=O)(O)OC[C@H]1O[C@@H](n2cnc3c(N)ncnc32)[C@H](O)[C@@H]1OP(=O)(O)O. The molecule has 1 aliphatic rings. The number of carbonyl (C=O) groups is 3. The summed E-state index contributed by atoms with van der Waals surface area (Å²) in [7, 11) is -16.4. The number of hydrogen-bond acceptors (Lipinski definition) is 18. The number of aromatic nitrogens is 4. The summed E-state index contributed by atoms with van der Waals surface area (Å²) in [5.41, 5.74) is 4.29. The number of thioether (sulfide) groups is 1. The smallest absolute Gasteiger partial charge is 0.386 e. The quantitative estimate of drug-likeness (QED) is 0.0365. The molecule has 0 bridgehead atoms. The van der Waals surface area contributed by atoms with Crippen molar-refractivity contribution in [1.29, 1.82) is 0 Å². The van der Waals surface area contributed by atoms with E-state index in [0.29, 0.717) is 24.5 Å². The lowest BCUT2D eigenvalue weighted by Crippen LogP contribution is -2.46. The van der Waals surface area contributed by atoms with E-state index < -0.39 is 78.6 Å². The maximum atomic E-state index is 12.7. The Balaban J connectivity index is 1.34. The fourth-order valence-electron chi connectivity index (χ4n) is 6.45. The number of unbranched alkanes of at least 4 members (excludes halogenated alkanes) is 10. The third-order valence-electron chi connectivity index (χ3n) is 9.97. The Morgan fingerprint density at radius 2 is 1.53 bits per heavy atom. The second-order valence-electron chi connectivity index (χ2n) is 15.9. The van der Waals surface area contributed by atoms with Crippen molar-refractivity contribution in [3.63, 3.8) is 0 Å². The lowest BCUT2D eigenvalue weighted by atomic mass is 9.87. The molecule has 24 nitrogen and oxygen atoms in total. The van der Waals surface area contributed by atoms with Gasteiger partial charge in [-0.25, -0.2) is 28.6 Å². The summed E-state index contributed by atoms with van der Waals surface area (Å²) < 4.78 is 62.4. The molecule has 2 aromatic heterocycles. The molecule has 7 atom stereocenters. The first-order valence-corrected chi connectivity index (χ1v) is 26.7. The molecule has 0 spiro atoms. The lowest BCUT2D eigenvalue weighted by molar-refractivity contribution is -0.137. The van der Waals surface area contributed by atoms with Gasteiger partial charge in [0.2, 0.25) is 11.8 Å². The van der Waals surface area contributed by atoms with Crippen LogP contribution >= 0.6 is 35.2 Å². The average molecular weight is 992 g/mol. The lowest BCUT2D eigenvalue weighted by Gasteiger charge is -2.30. The number of hydrogen-bond donors (Lipinski definition) is 9. The second kappa shape index (κ2) is 26.8. The number of rotatable bonds is 33. The first kappa shape index (κ1) is 55.9. The number of imidazole rings is 1.